The van der Waals surface area contributed by atoms with E-state index in [4.69, 9.17) is 4.74 Å². The zero-order valence-electron chi connectivity index (χ0n) is 10.5. The third kappa shape index (κ3) is 2.82. The van der Waals surface area contributed by atoms with Crippen molar-refractivity contribution in [2.24, 2.45) is 0 Å². The molecule has 1 rings (SSSR count). The summed E-state index contributed by atoms with van der Waals surface area (Å²) in [7, 11) is 0. The first-order chi connectivity index (χ1) is 7.47. The van der Waals surface area contributed by atoms with Gasteiger partial charge in [0, 0.05) is 13.0 Å². The SMILES string of the molecule is CCC(=O)N1CCC(OC(C)C)C1C(C)=O. The first-order valence-corrected chi connectivity index (χ1v) is 5.92. The second-order valence-electron chi connectivity index (χ2n) is 4.51. The van der Waals surface area contributed by atoms with E-state index < -0.39 is 0 Å². The molecule has 0 saturated carbocycles. The highest BCUT2D eigenvalue weighted by Crippen LogP contribution is 2.23. The summed E-state index contributed by atoms with van der Waals surface area (Å²) in [5.41, 5.74) is 0. The van der Waals surface area contributed by atoms with Crippen LogP contribution in [0.1, 0.15) is 40.5 Å². The van der Waals surface area contributed by atoms with Crippen molar-refractivity contribution in [1.82, 2.24) is 4.90 Å². The van der Waals surface area contributed by atoms with Crippen LogP contribution in [0.15, 0.2) is 0 Å². The number of carbonyl (C=O) groups excluding carboxylic acids is 2. The van der Waals surface area contributed by atoms with Crippen LogP contribution in [0.25, 0.3) is 0 Å². The summed E-state index contributed by atoms with van der Waals surface area (Å²) < 4.78 is 5.70. The molecule has 0 aromatic heterocycles. The number of hydrogen-bond donors (Lipinski definition) is 0. The highest BCUT2D eigenvalue weighted by atomic mass is 16.5. The molecule has 16 heavy (non-hydrogen) atoms. The lowest BCUT2D eigenvalue weighted by atomic mass is 10.1. The predicted molar refractivity (Wildman–Crippen MR) is 61.1 cm³/mol. The van der Waals surface area contributed by atoms with Crippen LogP contribution in [0, 0.1) is 0 Å². The second kappa shape index (κ2) is 5.43. The number of hydrogen-bond acceptors (Lipinski definition) is 3. The standard InChI is InChI=1S/C12H21NO3/c1-5-11(15)13-7-6-10(16-8(2)3)12(13)9(4)14/h8,10,12H,5-7H2,1-4H3. The fourth-order valence-corrected chi connectivity index (χ4v) is 2.22. The number of Topliss-reactive ketones (excluding diaryl/α,β-unsaturated/α-hetero) is 1. The van der Waals surface area contributed by atoms with Crippen molar-refractivity contribution < 1.29 is 14.3 Å². The van der Waals surface area contributed by atoms with Crippen LogP contribution < -0.4 is 0 Å². The number of ether oxygens (including phenoxy) is 1. The lowest BCUT2D eigenvalue weighted by Gasteiger charge is -2.26. The first-order valence-electron chi connectivity index (χ1n) is 5.92. The van der Waals surface area contributed by atoms with Gasteiger partial charge in [-0.25, -0.2) is 0 Å². The van der Waals surface area contributed by atoms with Gasteiger partial charge in [-0.2, -0.15) is 0 Å². The summed E-state index contributed by atoms with van der Waals surface area (Å²) in [5.74, 6) is 0.0556. The molecule has 2 unspecified atom stereocenters. The normalized spacial score (nSPS) is 25.2. The van der Waals surface area contributed by atoms with E-state index in [9.17, 15) is 9.59 Å². The highest BCUT2D eigenvalue weighted by molar-refractivity contribution is 5.88. The van der Waals surface area contributed by atoms with Crippen molar-refractivity contribution in [3.63, 3.8) is 0 Å². The van der Waals surface area contributed by atoms with Gasteiger partial charge in [-0.05, 0) is 27.2 Å². The molecular formula is C12H21NO3. The Balaban J connectivity index is 2.76. The quantitative estimate of drug-likeness (QED) is 0.729. The van der Waals surface area contributed by atoms with Gasteiger partial charge in [-0.15, -0.1) is 0 Å². The fraction of sp³-hybridized carbons (Fsp3) is 0.833. The largest absolute Gasteiger partial charge is 0.373 e. The van der Waals surface area contributed by atoms with Crippen LogP contribution in [0.3, 0.4) is 0 Å². The molecule has 0 aliphatic carbocycles. The summed E-state index contributed by atoms with van der Waals surface area (Å²) in [6.45, 7) is 7.87. The van der Waals surface area contributed by atoms with Gasteiger partial charge in [0.2, 0.25) is 5.91 Å². The fourth-order valence-electron chi connectivity index (χ4n) is 2.22. The minimum atomic E-state index is -0.380. The number of ketones is 1. The van der Waals surface area contributed by atoms with E-state index in [2.05, 4.69) is 0 Å². The molecule has 1 saturated heterocycles. The van der Waals surface area contributed by atoms with Crippen LogP contribution in [0.2, 0.25) is 0 Å². The molecule has 0 spiro atoms. The first kappa shape index (κ1) is 13.2. The summed E-state index contributed by atoms with van der Waals surface area (Å²) in [6.07, 6.45) is 1.16. The smallest absolute Gasteiger partial charge is 0.222 e. The van der Waals surface area contributed by atoms with Crippen LogP contribution in [-0.4, -0.2) is 41.4 Å². The topological polar surface area (TPSA) is 46.6 Å². The third-order valence-corrected chi connectivity index (χ3v) is 2.83. The maximum absolute atomic E-state index is 11.7. The van der Waals surface area contributed by atoms with E-state index in [1.807, 2.05) is 20.8 Å². The summed E-state index contributed by atoms with van der Waals surface area (Å²) in [5, 5.41) is 0. The van der Waals surface area contributed by atoms with Crippen LogP contribution in [0.5, 0.6) is 0 Å². The van der Waals surface area contributed by atoms with Gasteiger partial charge in [-0.1, -0.05) is 6.92 Å². The third-order valence-electron chi connectivity index (χ3n) is 2.83. The molecule has 1 aliphatic rings. The lowest BCUT2D eigenvalue weighted by Crippen LogP contribution is -2.45. The summed E-state index contributed by atoms with van der Waals surface area (Å²) in [6, 6.07) is -0.380. The van der Waals surface area contributed by atoms with Gasteiger partial charge in [0.15, 0.2) is 5.78 Å². The van der Waals surface area contributed by atoms with Crippen LogP contribution in [-0.2, 0) is 14.3 Å². The van der Waals surface area contributed by atoms with Crippen molar-refractivity contribution in [3.05, 3.63) is 0 Å². The Hall–Kier alpha value is -0.900. The minimum Gasteiger partial charge on any atom is -0.373 e. The molecule has 2 atom stereocenters. The van der Waals surface area contributed by atoms with E-state index in [0.717, 1.165) is 6.42 Å². The number of amides is 1. The molecule has 1 fully saturated rings. The number of nitrogens with zero attached hydrogens (tertiary/aromatic N) is 1. The van der Waals surface area contributed by atoms with E-state index in [1.165, 1.54) is 6.92 Å². The van der Waals surface area contributed by atoms with E-state index in [0.29, 0.717) is 13.0 Å². The van der Waals surface area contributed by atoms with Gasteiger partial charge in [-0.3, -0.25) is 9.59 Å². The Morgan fingerprint density at radius 1 is 1.44 bits per heavy atom. The maximum Gasteiger partial charge on any atom is 0.222 e. The Morgan fingerprint density at radius 2 is 2.06 bits per heavy atom. The van der Waals surface area contributed by atoms with E-state index in [-0.39, 0.29) is 29.9 Å². The number of carbonyl (C=O) groups is 2. The average molecular weight is 227 g/mol. The van der Waals surface area contributed by atoms with Crippen molar-refractivity contribution in [2.45, 2.75) is 58.8 Å². The van der Waals surface area contributed by atoms with Gasteiger partial charge in [0.1, 0.15) is 6.04 Å². The van der Waals surface area contributed by atoms with Gasteiger partial charge >= 0.3 is 0 Å². The molecule has 0 N–H and O–H groups in total. The molecule has 1 aliphatic heterocycles. The molecule has 92 valence electrons. The monoisotopic (exact) mass is 227 g/mol. The van der Waals surface area contributed by atoms with Crippen molar-refractivity contribution in [1.29, 1.82) is 0 Å². The molecule has 0 radical (unpaired) electrons. The Bertz CT molecular complexity index is 275. The predicted octanol–water partition coefficient (Wildman–Crippen LogP) is 1.38. The van der Waals surface area contributed by atoms with Crippen molar-refractivity contribution >= 4 is 11.7 Å². The van der Waals surface area contributed by atoms with Crippen LogP contribution >= 0.6 is 0 Å². The average Bonchev–Trinajstić information content (AvgIpc) is 2.59. The molecule has 0 aromatic rings. The minimum absolute atomic E-state index is 0.0185. The van der Waals surface area contributed by atoms with E-state index in [1.54, 1.807) is 4.90 Å². The van der Waals surface area contributed by atoms with Gasteiger partial charge < -0.3 is 9.64 Å². The Morgan fingerprint density at radius 3 is 2.50 bits per heavy atom. The molecule has 1 heterocycles. The molecule has 4 heteroatoms. The van der Waals surface area contributed by atoms with Gasteiger partial charge in [0.25, 0.3) is 0 Å². The Kier molecular flexibility index (Phi) is 4.47. The number of likely N-dealkylation sites (tertiary alicyclic amines) is 1. The zero-order chi connectivity index (χ0) is 12.3. The van der Waals surface area contributed by atoms with Gasteiger partial charge in [0.05, 0.1) is 12.2 Å². The highest BCUT2D eigenvalue weighted by Gasteiger charge is 2.40. The lowest BCUT2D eigenvalue weighted by molar-refractivity contribution is -0.140. The molecule has 1 amide bonds. The van der Waals surface area contributed by atoms with Crippen molar-refractivity contribution in [2.75, 3.05) is 6.54 Å². The zero-order valence-corrected chi connectivity index (χ0v) is 10.5. The molecule has 4 nitrogen and oxygen atoms in total. The molecular weight excluding hydrogens is 206 g/mol. The Labute approximate surface area is 96.9 Å². The molecule has 0 bridgehead atoms. The van der Waals surface area contributed by atoms with Crippen LogP contribution in [0.4, 0.5) is 0 Å². The summed E-state index contributed by atoms with van der Waals surface area (Å²) in [4.78, 5) is 24.9. The maximum atomic E-state index is 11.7. The second-order valence-corrected chi connectivity index (χ2v) is 4.51. The number of rotatable bonds is 4. The van der Waals surface area contributed by atoms with Crippen molar-refractivity contribution in [3.8, 4) is 0 Å². The molecule has 0 aromatic carbocycles. The summed E-state index contributed by atoms with van der Waals surface area (Å²) >= 11 is 0. The van der Waals surface area contributed by atoms with E-state index >= 15 is 0 Å².